The van der Waals surface area contributed by atoms with E-state index in [1.807, 2.05) is 38.1 Å². The van der Waals surface area contributed by atoms with Gasteiger partial charge in [-0.3, -0.25) is 9.59 Å². The maximum absolute atomic E-state index is 13.4. The largest absolute Gasteiger partial charge is 0.507 e. The van der Waals surface area contributed by atoms with Crippen molar-refractivity contribution in [2.45, 2.75) is 57.7 Å². The molecule has 1 aliphatic heterocycles. The highest BCUT2D eigenvalue weighted by Gasteiger charge is 2.49. The normalized spacial score (nSPS) is 21.3. The van der Waals surface area contributed by atoms with Crippen molar-refractivity contribution in [3.63, 3.8) is 0 Å². The molecule has 0 aromatic heterocycles. The molecule has 1 unspecified atom stereocenters. The van der Waals surface area contributed by atoms with E-state index < -0.39 is 23.5 Å². The minimum Gasteiger partial charge on any atom is -0.507 e. The van der Waals surface area contributed by atoms with E-state index in [9.17, 15) is 19.1 Å². The van der Waals surface area contributed by atoms with Gasteiger partial charge >= 0.3 is 0 Å². The zero-order valence-electron chi connectivity index (χ0n) is 17.7. The van der Waals surface area contributed by atoms with Gasteiger partial charge in [-0.1, -0.05) is 25.0 Å². The quantitative estimate of drug-likeness (QED) is 0.419. The van der Waals surface area contributed by atoms with Gasteiger partial charge in [-0.05, 0) is 68.7 Å². The lowest BCUT2D eigenvalue weighted by atomic mass is 9.94. The average molecular weight is 423 g/mol. The first-order valence-electron chi connectivity index (χ1n) is 10.7. The Morgan fingerprint density at radius 1 is 1.10 bits per heavy atom. The van der Waals surface area contributed by atoms with Crippen LogP contribution in [0, 0.1) is 5.82 Å². The highest BCUT2D eigenvalue weighted by molar-refractivity contribution is 6.46. The minimum atomic E-state index is -0.719. The molecular weight excluding hydrogens is 397 g/mol. The van der Waals surface area contributed by atoms with Crippen molar-refractivity contribution in [1.29, 1.82) is 0 Å². The third-order valence-corrected chi connectivity index (χ3v) is 5.86. The zero-order chi connectivity index (χ0) is 22.1. The van der Waals surface area contributed by atoms with Gasteiger partial charge in [0.2, 0.25) is 0 Å². The molecule has 1 heterocycles. The number of aliphatic hydroxyl groups excluding tert-OH is 1. The molecule has 1 N–H and O–H groups in total. The molecule has 6 heteroatoms. The molecule has 1 atom stereocenters. The Morgan fingerprint density at radius 2 is 1.77 bits per heavy atom. The minimum absolute atomic E-state index is 0.0318. The SMILES string of the molecule is CC(C)Oc1cccc(C2/C(=C(/O)c3ccc(F)cc3)C(=O)C(=O)N2C2CCCC2)c1. The second-order valence-corrected chi connectivity index (χ2v) is 8.39. The molecule has 1 aliphatic carbocycles. The lowest BCUT2D eigenvalue weighted by Crippen LogP contribution is -2.37. The van der Waals surface area contributed by atoms with Crippen LogP contribution in [-0.4, -0.2) is 33.8 Å². The standard InChI is InChI=1S/C25H26FNO4/c1-15(2)31-20-9-5-6-17(14-20)22-21(23(28)16-10-12-18(26)13-11-16)24(29)25(30)27(22)19-7-3-4-8-19/h5-6,9-15,19,22,28H,3-4,7-8H2,1-2H3/b23-21-. The number of halogens is 1. The number of ketones is 1. The molecule has 0 spiro atoms. The Bertz CT molecular complexity index is 1020. The molecule has 162 valence electrons. The summed E-state index contributed by atoms with van der Waals surface area (Å²) in [6.07, 6.45) is 3.60. The number of Topliss-reactive ketones (excluding diaryl/α,β-unsaturated/α-hetero) is 1. The summed E-state index contributed by atoms with van der Waals surface area (Å²) in [5, 5.41) is 11.0. The monoisotopic (exact) mass is 423 g/mol. The van der Waals surface area contributed by atoms with Crippen molar-refractivity contribution in [2.75, 3.05) is 0 Å². The van der Waals surface area contributed by atoms with Gasteiger partial charge in [0.15, 0.2) is 0 Å². The van der Waals surface area contributed by atoms with Crippen molar-refractivity contribution >= 4 is 17.4 Å². The summed E-state index contributed by atoms with van der Waals surface area (Å²) in [4.78, 5) is 27.8. The van der Waals surface area contributed by atoms with E-state index in [1.165, 1.54) is 24.3 Å². The average Bonchev–Trinajstić information content (AvgIpc) is 3.35. The number of hydrogen-bond donors (Lipinski definition) is 1. The molecule has 5 nitrogen and oxygen atoms in total. The van der Waals surface area contributed by atoms with Gasteiger partial charge in [0.05, 0.1) is 17.7 Å². The van der Waals surface area contributed by atoms with Gasteiger partial charge in [-0.2, -0.15) is 0 Å². The second kappa shape index (κ2) is 8.53. The first-order valence-corrected chi connectivity index (χ1v) is 10.7. The van der Waals surface area contributed by atoms with Gasteiger partial charge < -0.3 is 14.7 Å². The molecule has 2 aromatic carbocycles. The van der Waals surface area contributed by atoms with Crippen molar-refractivity contribution in [2.24, 2.45) is 0 Å². The predicted octanol–water partition coefficient (Wildman–Crippen LogP) is 4.98. The number of carbonyl (C=O) groups is 2. The van der Waals surface area contributed by atoms with E-state index in [1.54, 1.807) is 4.90 Å². The zero-order valence-corrected chi connectivity index (χ0v) is 17.7. The molecule has 2 fully saturated rings. The van der Waals surface area contributed by atoms with E-state index in [-0.39, 0.29) is 23.5 Å². The Hall–Kier alpha value is -3.15. The molecule has 2 aliphatic rings. The van der Waals surface area contributed by atoms with Crippen molar-refractivity contribution in [3.8, 4) is 5.75 Å². The molecule has 1 saturated heterocycles. The summed E-state index contributed by atoms with van der Waals surface area (Å²) >= 11 is 0. The Labute approximate surface area is 181 Å². The molecule has 0 radical (unpaired) electrons. The van der Waals surface area contributed by atoms with Crippen molar-refractivity contribution < 1.29 is 23.8 Å². The van der Waals surface area contributed by atoms with Crippen LogP contribution in [0.3, 0.4) is 0 Å². The summed E-state index contributed by atoms with van der Waals surface area (Å²) in [6, 6.07) is 11.8. The fraction of sp³-hybridized carbons (Fsp3) is 0.360. The summed E-state index contributed by atoms with van der Waals surface area (Å²) in [7, 11) is 0. The molecule has 4 rings (SSSR count). The van der Waals surface area contributed by atoms with E-state index in [0.29, 0.717) is 16.9 Å². The van der Waals surface area contributed by atoms with Crippen LogP contribution in [0.2, 0.25) is 0 Å². The highest BCUT2D eigenvalue weighted by Crippen LogP contribution is 2.44. The number of likely N-dealkylation sites (tertiary alicyclic amines) is 1. The number of hydrogen-bond acceptors (Lipinski definition) is 4. The number of amides is 1. The molecule has 1 saturated carbocycles. The maximum Gasteiger partial charge on any atom is 0.295 e. The number of ether oxygens (including phenoxy) is 1. The lowest BCUT2D eigenvalue weighted by molar-refractivity contribution is -0.141. The number of nitrogens with zero attached hydrogens (tertiary/aromatic N) is 1. The van der Waals surface area contributed by atoms with Crippen molar-refractivity contribution in [3.05, 3.63) is 71.0 Å². The topological polar surface area (TPSA) is 66.8 Å². The van der Waals surface area contributed by atoms with Crippen LogP contribution in [0.15, 0.2) is 54.1 Å². The van der Waals surface area contributed by atoms with Crippen LogP contribution in [0.25, 0.3) is 5.76 Å². The van der Waals surface area contributed by atoms with E-state index in [0.717, 1.165) is 25.7 Å². The second-order valence-electron chi connectivity index (χ2n) is 8.39. The third-order valence-electron chi connectivity index (χ3n) is 5.86. The van der Waals surface area contributed by atoms with Crippen LogP contribution in [0.1, 0.15) is 56.7 Å². The Kier molecular flexibility index (Phi) is 5.81. The fourth-order valence-corrected chi connectivity index (χ4v) is 4.53. The number of aliphatic hydroxyl groups is 1. The van der Waals surface area contributed by atoms with Crippen LogP contribution in [0.4, 0.5) is 4.39 Å². The van der Waals surface area contributed by atoms with Gasteiger partial charge in [-0.15, -0.1) is 0 Å². The van der Waals surface area contributed by atoms with Crippen LogP contribution < -0.4 is 4.74 Å². The predicted molar refractivity (Wildman–Crippen MR) is 115 cm³/mol. The van der Waals surface area contributed by atoms with Gasteiger partial charge in [-0.25, -0.2) is 4.39 Å². The molecule has 0 bridgehead atoms. The first kappa shape index (κ1) is 21.1. The molecule has 31 heavy (non-hydrogen) atoms. The van der Waals surface area contributed by atoms with E-state index in [4.69, 9.17) is 4.74 Å². The maximum atomic E-state index is 13.4. The van der Waals surface area contributed by atoms with Gasteiger partial charge in [0, 0.05) is 11.6 Å². The number of rotatable bonds is 5. The van der Waals surface area contributed by atoms with Crippen LogP contribution in [-0.2, 0) is 9.59 Å². The van der Waals surface area contributed by atoms with E-state index >= 15 is 0 Å². The Balaban J connectivity index is 1.86. The van der Waals surface area contributed by atoms with Crippen molar-refractivity contribution in [1.82, 2.24) is 4.90 Å². The number of carbonyl (C=O) groups excluding carboxylic acids is 2. The lowest BCUT2D eigenvalue weighted by Gasteiger charge is -2.31. The fourth-order valence-electron chi connectivity index (χ4n) is 4.53. The summed E-state index contributed by atoms with van der Waals surface area (Å²) < 4.78 is 19.2. The van der Waals surface area contributed by atoms with Crippen LogP contribution >= 0.6 is 0 Å². The molecule has 2 aromatic rings. The van der Waals surface area contributed by atoms with E-state index in [2.05, 4.69) is 0 Å². The smallest absolute Gasteiger partial charge is 0.295 e. The summed E-state index contributed by atoms with van der Waals surface area (Å²) in [6.45, 7) is 3.84. The summed E-state index contributed by atoms with van der Waals surface area (Å²) in [5.74, 6) is -1.42. The van der Waals surface area contributed by atoms with Gasteiger partial charge in [0.1, 0.15) is 17.3 Å². The first-order chi connectivity index (χ1) is 14.9. The number of benzene rings is 2. The summed E-state index contributed by atoms with van der Waals surface area (Å²) in [5.41, 5.74) is 1.03. The van der Waals surface area contributed by atoms with Crippen LogP contribution in [0.5, 0.6) is 5.75 Å². The molecular formula is C25H26FNO4. The third kappa shape index (κ3) is 4.07. The highest BCUT2D eigenvalue weighted by atomic mass is 19.1. The van der Waals surface area contributed by atoms with Gasteiger partial charge in [0.25, 0.3) is 11.7 Å². The molecule has 1 amide bonds. The Morgan fingerprint density at radius 3 is 2.42 bits per heavy atom.